The number of carbonyl (C=O) groups is 1. The van der Waals surface area contributed by atoms with Crippen LogP contribution >= 0.6 is 24.0 Å². The molecule has 0 bridgehead atoms. The molecule has 0 atom stereocenters. The highest BCUT2D eigenvalue weighted by molar-refractivity contribution is 14.0. The number of carbonyl (C=O) groups excluding carboxylic acids is 1. The van der Waals surface area contributed by atoms with E-state index in [4.69, 9.17) is 4.74 Å². The Hall–Kier alpha value is -0.770. The number of nitrogens with one attached hydrogen (secondary N) is 1. The van der Waals surface area contributed by atoms with E-state index in [2.05, 4.69) is 27.0 Å². The molecule has 26 heavy (non-hydrogen) atoms. The van der Waals surface area contributed by atoms with Crippen molar-refractivity contribution in [3.8, 4) is 0 Å². The van der Waals surface area contributed by atoms with E-state index in [-0.39, 0.29) is 30.1 Å². The van der Waals surface area contributed by atoms with Crippen molar-refractivity contribution in [3.63, 3.8) is 0 Å². The number of guanidine groups is 1. The van der Waals surface area contributed by atoms with E-state index in [0.29, 0.717) is 19.7 Å². The third kappa shape index (κ3) is 7.09. The zero-order chi connectivity index (χ0) is 18.1. The molecule has 2 aliphatic rings. The van der Waals surface area contributed by atoms with Crippen LogP contribution in [0.3, 0.4) is 0 Å². The fourth-order valence-electron chi connectivity index (χ4n) is 3.63. The van der Waals surface area contributed by atoms with E-state index in [0.717, 1.165) is 31.5 Å². The number of halogens is 1. The van der Waals surface area contributed by atoms with Gasteiger partial charge in [0.05, 0.1) is 6.61 Å². The first kappa shape index (κ1) is 23.3. The Labute approximate surface area is 175 Å². The van der Waals surface area contributed by atoms with Gasteiger partial charge in [-0.2, -0.15) is 0 Å². The molecule has 2 aliphatic heterocycles. The summed E-state index contributed by atoms with van der Waals surface area (Å²) in [5.74, 6) is 1.78. The predicted molar refractivity (Wildman–Crippen MR) is 116 cm³/mol. The number of ether oxygens (including phenoxy) is 1. The topological polar surface area (TPSA) is 60.4 Å². The van der Waals surface area contributed by atoms with Crippen molar-refractivity contribution in [1.82, 2.24) is 20.0 Å². The SMILES string of the molecule is CCOC(=O)N1CCN(C(=NC)NCCC2CCN(CC)CC2)CC1.I. The Morgan fingerprint density at radius 2 is 1.69 bits per heavy atom. The van der Waals surface area contributed by atoms with E-state index in [9.17, 15) is 4.79 Å². The van der Waals surface area contributed by atoms with Gasteiger partial charge in [0.15, 0.2) is 5.96 Å². The monoisotopic (exact) mass is 481 g/mol. The summed E-state index contributed by atoms with van der Waals surface area (Å²) in [6, 6.07) is 0. The average molecular weight is 481 g/mol. The number of aliphatic imine (C=N–C) groups is 1. The number of hydrogen-bond donors (Lipinski definition) is 1. The second-order valence-electron chi connectivity index (χ2n) is 6.81. The van der Waals surface area contributed by atoms with Crippen LogP contribution in [0.2, 0.25) is 0 Å². The molecule has 0 radical (unpaired) electrons. The molecular weight excluding hydrogens is 445 g/mol. The van der Waals surface area contributed by atoms with Crippen molar-refractivity contribution in [3.05, 3.63) is 0 Å². The normalized spacial score (nSPS) is 19.9. The fourth-order valence-corrected chi connectivity index (χ4v) is 3.63. The van der Waals surface area contributed by atoms with Gasteiger partial charge in [0.25, 0.3) is 0 Å². The summed E-state index contributed by atoms with van der Waals surface area (Å²) in [4.78, 5) is 22.7. The Kier molecular flexibility index (Phi) is 11.3. The van der Waals surface area contributed by atoms with Gasteiger partial charge < -0.3 is 24.8 Å². The molecule has 2 fully saturated rings. The van der Waals surface area contributed by atoms with Crippen LogP contribution in [0.15, 0.2) is 4.99 Å². The Morgan fingerprint density at radius 3 is 2.23 bits per heavy atom. The number of rotatable bonds is 5. The molecule has 1 amide bonds. The Morgan fingerprint density at radius 1 is 1.08 bits per heavy atom. The van der Waals surface area contributed by atoms with Gasteiger partial charge >= 0.3 is 6.09 Å². The molecule has 2 saturated heterocycles. The lowest BCUT2D eigenvalue weighted by atomic mass is 9.93. The Bertz CT molecular complexity index is 433. The molecule has 7 nitrogen and oxygen atoms in total. The standard InChI is InChI=1S/C18H35N5O2.HI/c1-4-21-10-7-16(8-11-21)6-9-20-17(19-3)22-12-14-23(15-13-22)18(24)25-5-2;/h16H,4-15H2,1-3H3,(H,19,20);1H. The van der Waals surface area contributed by atoms with E-state index < -0.39 is 0 Å². The van der Waals surface area contributed by atoms with Gasteiger partial charge in [0, 0.05) is 39.8 Å². The molecule has 1 N–H and O–H groups in total. The minimum atomic E-state index is -0.205. The predicted octanol–water partition coefficient (Wildman–Crippen LogP) is 2.08. The number of piperazine rings is 1. The summed E-state index contributed by atoms with van der Waals surface area (Å²) >= 11 is 0. The summed E-state index contributed by atoms with van der Waals surface area (Å²) in [7, 11) is 1.83. The summed E-state index contributed by atoms with van der Waals surface area (Å²) in [6.45, 7) is 12.1. The molecule has 0 aromatic rings. The maximum absolute atomic E-state index is 11.8. The van der Waals surface area contributed by atoms with E-state index in [1.54, 1.807) is 4.90 Å². The van der Waals surface area contributed by atoms with Crippen LogP contribution in [-0.4, -0.2) is 92.8 Å². The maximum atomic E-state index is 11.8. The zero-order valence-corrected chi connectivity index (χ0v) is 18.9. The van der Waals surface area contributed by atoms with Crippen molar-refractivity contribution in [2.24, 2.45) is 10.9 Å². The molecule has 2 rings (SSSR count). The molecule has 0 aromatic heterocycles. The first-order valence-electron chi connectivity index (χ1n) is 9.77. The lowest BCUT2D eigenvalue weighted by molar-refractivity contribution is 0.0914. The van der Waals surface area contributed by atoms with Crippen LogP contribution in [0.25, 0.3) is 0 Å². The summed E-state index contributed by atoms with van der Waals surface area (Å²) in [5.41, 5.74) is 0. The lowest BCUT2D eigenvalue weighted by Gasteiger charge is -2.36. The van der Waals surface area contributed by atoms with Gasteiger partial charge in [-0.05, 0) is 51.7 Å². The number of likely N-dealkylation sites (tertiary alicyclic amines) is 1. The van der Waals surface area contributed by atoms with Gasteiger partial charge in [-0.15, -0.1) is 24.0 Å². The minimum absolute atomic E-state index is 0. The quantitative estimate of drug-likeness (QED) is 0.370. The van der Waals surface area contributed by atoms with Crippen molar-refractivity contribution >= 4 is 36.0 Å². The number of piperidine rings is 1. The van der Waals surface area contributed by atoms with Gasteiger partial charge in [0.2, 0.25) is 0 Å². The molecule has 152 valence electrons. The van der Waals surface area contributed by atoms with E-state index in [1.165, 1.54) is 38.9 Å². The van der Waals surface area contributed by atoms with Gasteiger partial charge in [-0.1, -0.05) is 6.92 Å². The molecule has 0 aromatic carbocycles. The molecule has 0 saturated carbocycles. The molecule has 2 heterocycles. The highest BCUT2D eigenvalue weighted by Gasteiger charge is 2.24. The van der Waals surface area contributed by atoms with Crippen molar-refractivity contribution < 1.29 is 9.53 Å². The number of amides is 1. The van der Waals surface area contributed by atoms with Crippen molar-refractivity contribution in [2.75, 3.05) is 66.0 Å². The van der Waals surface area contributed by atoms with Gasteiger partial charge in [0.1, 0.15) is 0 Å². The molecular formula is C18H36IN5O2. The number of nitrogens with zero attached hydrogens (tertiary/aromatic N) is 4. The van der Waals surface area contributed by atoms with Crippen LogP contribution < -0.4 is 5.32 Å². The fraction of sp³-hybridized carbons (Fsp3) is 0.889. The summed E-state index contributed by atoms with van der Waals surface area (Å²) < 4.78 is 5.07. The van der Waals surface area contributed by atoms with Crippen LogP contribution in [-0.2, 0) is 4.74 Å². The van der Waals surface area contributed by atoms with Crippen molar-refractivity contribution in [1.29, 1.82) is 0 Å². The van der Waals surface area contributed by atoms with Crippen LogP contribution in [0.4, 0.5) is 4.79 Å². The largest absolute Gasteiger partial charge is 0.450 e. The second kappa shape index (κ2) is 12.6. The number of hydrogen-bond acceptors (Lipinski definition) is 4. The minimum Gasteiger partial charge on any atom is -0.450 e. The maximum Gasteiger partial charge on any atom is 0.409 e. The first-order chi connectivity index (χ1) is 12.2. The Balaban J connectivity index is 0.00000338. The van der Waals surface area contributed by atoms with E-state index >= 15 is 0 Å². The third-order valence-corrected chi connectivity index (χ3v) is 5.31. The highest BCUT2D eigenvalue weighted by atomic mass is 127. The zero-order valence-electron chi connectivity index (χ0n) is 16.6. The van der Waals surface area contributed by atoms with Crippen molar-refractivity contribution in [2.45, 2.75) is 33.1 Å². The molecule has 0 spiro atoms. The van der Waals surface area contributed by atoms with Gasteiger partial charge in [-0.3, -0.25) is 4.99 Å². The summed E-state index contributed by atoms with van der Waals surface area (Å²) in [6.07, 6.45) is 3.63. The summed E-state index contributed by atoms with van der Waals surface area (Å²) in [5, 5.41) is 3.51. The van der Waals surface area contributed by atoms with E-state index in [1.807, 2.05) is 14.0 Å². The highest BCUT2D eigenvalue weighted by Crippen LogP contribution is 2.19. The molecule has 8 heteroatoms. The van der Waals surface area contributed by atoms with Crippen LogP contribution in [0, 0.1) is 5.92 Å². The van der Waals surface area contributed by atoms with Crippen LogP contribution in [0.5, 0.6) is 0 Å². The first-order valence-corrected chi connectivity index (χ1v) is 9.77. The smallest absolute Gasteiger partial charge is 0.409 e. The van der Waals surface area contributed by atoms with Crippen LogP contribution in [0.1, 0.15) is 33.1 Å². The molecule has 0 unspecified atom stereocenters. The lowest BCUT2D eigenvalue weighted by Crippen LogP contribution is -2.54. The second-order valence-corrected chi connectivity index (χ2v) is 6.81. The van der Waals surface area contributed by atoms with Gasteiger partial charge in [-0.25, -0.2) is 4.79 Å². The third-order valence-electron chi connectivity index (χ3n) is 5.31. The molecule has 0 aliphatic carbocycles. The average Bonchev–Trinajstić information content (AvgIpc) is 2.66.